The predicted molar refractivity (Wildman–Crippen MR) is 81.1 cm³/mol. The van der Waals surface area contributed by atoms with E-state index in [-0.39, 0.29) is 0 Å². The molecule has 0 fully saturated rings. The van der Waals surface area contributed by atoms with Crippen LogP contribution in [0.3, 0.4) is 0 Å². The number of imidazole rings is 1. The third kappa shape index (κ3) is 2.24. The van der Waals surface area contributed by atoms with Crippen molar-refractivity contribution in [3.63, 3.8) is 0 Å². The number of halogens is 3. The minimum atomic E-state index is 0.295. The van der Waals surface area contributed by atoms with E-state index >= 15 is 0 Å². The number of benzene rings is 1. The first kappa shape index (κ1) is 13.6. The topological polar surface area (TPSA) is 43.6 Å². The molecule has 0 radical (unpaired) electrons. The molecule has 0 saturated heterocycles. The Morgan fingerprint density at radius 1 is 1.05 bits per heavy atom. The van der Waals surface area contributed by atoms with E-state index in [9.17, 15) is 0 Å². The Balaban J connectivity index is 2.27. The van der Waals surface area contributed by atoms with Crippen LogP contribution in [0, 0.1) is 0 Å². The highest BCUT2D eigenvalue weighted by Gasteiger charge is 2.13. The van der Waals surface area contributed by atoms with E-state index in [0.29, 0.717) is 32.0 Å². The first-order chi connectivity index (χ1) is 9.60. The summed E-state index contributed by atoms with van der Waals surface area (Å²) < 4.78 is 1.82. The van der Waals surface area contributed by atoms with Crippen LogP contribution in [0.15, 0.2) is 24.5 Å². The average molecular weight is 328 g/mol. The SMILES string of the molecule is CCc1nccn1-c1nc2cc(Cl)c(Cl)cc2nc1Cl. The molecule has 2 aromatic heterocycles. The van der Waals surface area contributed by atoms with Gasteiger partial charge in [0.05, 0.1) is 21.1 Å². The zero-order chi connectivity index (χ0) is 14.3. The van der Waals surface area contributed by atoms with Crippen LogP contribution in [-0.2, 0) is 6.42 Å². The Labute approximate surface area is 130 Å². The van der Waals surface area contributed by atoms with Crippen LogP contribution in [0.5, 0.6) is 0 Å². The molecule has 2 heterocycles. The molecule has 0 N–H and O–H groups in total. The molecule has 0 bridgehead atoms. The van der Waals surface area contributed by atoms with Crippen LogP contribution < -0.4 is 0 Å². The molecular weight excluding hydrogens is 319 g/mol. The van der Waals surface area contributed by atoms with Gasteiger partial charge in [0, 0.05) is 18.8 Å². The van der Waals surface area contributed by atoms with Crippen LogP contribution in [0.2, 0.25) is 15.2 Å². The first-order valence-corrected chi connectivity index (χ1v) is 7.08. The van der Waals surface area contributed by atoms with Crippen molar-refractivity contribution in [2.75, 3.05) is 0 Å². The fourth-order valence-corrected chi connectivity index (χ4v) is 2.50. The summed E-state index contributed by atoms with van der Waals surface area (Å²) in [5, 5.41) is 1.15. The molecule has 20 heavy (non-hydrogen) atoms. The summed E-state index contributed by atoms with van der Waals surface area (Å²) in [5.41, 5.74) is 1.24. The molecule has 0 amide bonds. The zero-order valence-electron chi connectivity index (χ0n) is 10.4. The maximum Gasteiger partial charge on any atom is 0.176 e. The van der Waals surface area contributed by atoms with Gasteiger partial charge in [-0.2, -0.15) is 0 Å². The van der Waals surface area contributed by atoms with Gasteiger partial charge in [-0.25, -0.2) is 15.0 Å². The Kier molecular flexibility index (Phi) is 3.54. The van der Waals surface area contributed by atoms with E-state index < -0.39 is 0 Å². The van der Waals surface area contributed by atoms with Crippen LogP contribution in [0.4, 0.5) is 0 Å². The van der Waals surface area contributed by atoms with Gasteiger partial charge in [-0.1, -0.05) is 41.7 Å². The minimum Gasteiger partial charge on any atom is -0.285 e. The highest BCUT2D eigenvalue weighted by molar-refractivity contribution is 6.42. The quantitative estimate of drug-likeness (QED) is 0.703. The summed E-state index contributed by atoms with van der Waals surface area (Å²) in [6, 6.07) is 3.32. The summed E-state index contributed by atoms with van der Waals surface area (Å²) in [4.78, 5) is 13.1. The number of hydrogen-bond acceptors (Lipinski definition) is 3. The first-order valence-electron chi connectivity index (χ1n) is 5.95. The number of aryl methyl sites for hydroxylation is 1. The second-order valence-electron chi connectivity index (χ2n) is 4.16. The summed E-state index contributed by atoms with van der Waals surface area (Å²) >= 11 is 18.2. The van der Waals surface area contributed by atoms with Gasteiger partial charge >= 0.3 is 0 Å². The van der Waals surface area contributed by atoms with Crippen LogP contribution >= 0.6 is 34.8 Å². The largest absolute Gasteiger partial charge is 0.285 e. The summed E-state index contributed by atoms with van der Waals surface area (Å²) in [6.07, 6.45) is 4.28. The molecule has 102 valence electrons. The van der Waals surface area contributed by atoms with E-state index in [1.54, 1.807) is 24.5 Å². The number of hydrogen-bond donors (Lipinski definition) is 0. The Bertz CT molecular complexity index is 798. The highest BCUT2D eigenvalue weighted by Crippen LogP contribution is 2.28. The van der Waals surface area contributed by atoms with Gasteiger partial charge in [0.2, 0.25) is 0 Å². The molecule has 0 unspecified atom stereocenters. The predicted octanol–water partition coefficient (Wildman–Crippen LogP) is 4.34. The molecule has 3 aromatic rings. The van der Waals surface area contributed by atoms with Crippen molar-refractivity contribution >= 4 is 45.8 Å². The highest BCUT2D eigenvalue weighted by atomic mass is 35.5. The Hall–Kier alpha value is -1.36. The average Bonchev–Trinajstić information content (AvgIpc) is 2.88. The molecule has 0 aliphatic rings. The van der Waals surface area contributed by atoms with Gasteiger partial charge in [-0.3, -0.25) is 4.57 Å². The van der Waals surface area contributed by atoms with Crippen LogP contribution in [0.25, 0.3) is 16.9 Å². The fourth-order valence-electron chi connectivity index (χ4n) is 1.96. The van der Waals surface area contributed by atoms with E-state index in [0.717, 1.165) is 12.2 Å². The van der Waals surface area contributed by atoms with E-state index in [2.05, 4.69) is 15.0 Å². The molecule has 0 aliphatic heterocycles. The molecule has 7 heteroatoms. The monoisotopic (exact) mass is 326 g/mol. The number of rotatable bonds is 2. The maximum absolute atomic E-state index is 6.22. The standard InChI is InChI=1S/C13H9Cl3N4/c1-2-11-17-3-4-20(11)13-12(16)18-9-5-7(14)8(15)6-10(9)19-13/h3-6H,2H2,1H3. The van der Waals surface area contributed by atoms with Crippen molar-refractivity contribution in [1.29, 1.82) is 0 Å². The van der Waals surface area contributed by atoms with Gasteiger partial charge in [0.15, 0.2) is 11.0 Å². The molecule has 0 saturated carbocycles. The summed E-state index contributed by atoms with van der Waals surface area (Å²) in [5.74, 6) is 1.40. The van der Waals surface area contributed by atoms with Gasteiger partial charge in [0.1, 0.15) is 5.82 Å². The zero-order valence-corrected chi connectivity index (χ0v) is 12.7. The lowest BCUT2D eigenvalue weighted by Gasteiger charge is -2.09. The van der Waals surface area contributed by atoms with Crippen molar-refractivity contribution in [3.05, 3.63) is 45.5 Å². The van der Waals surface area contributed by atoms with Gasteiger partial charge in [-0.05, 0) is 12.1 Å². The van der Waals surface area contributed by atoms with E-state index in [1.807, 2.05) is 11.5 Å². The van der Waals surface area contributed by atoms with Crippen LogP contribution in [-0.4, -0.2) is 19.5 Å². The van der Waals surface area contributed by atoms with E-state index in [1.165, 1.54) is 0 Å². The van der Waals surface area contributed by atoms with Crippen molar-refractivity contribution < 1.29 is 0 Å². The molecule has 1 aromatic carbocycles. The fraction of sp³-hybridized carbons (Fsp3) is 0.154. The normalized spacial score (nSPS) is 11.2. The van der Waals surface area contributed by atoms with E-state index in [4.69, 9.17) is 34.8 Å². The maximum atomic E-state index is 6.22. The number of fused-ring (bicyclic) bond motifs is 1. The second-order valence-corrected chi connectivity index (χ2v) is 5.33. The molecule has 0 aliphatic carbocycles. The van der Waals surface area contributed by atoms with Crippen molar-refractivity contribution in [2.24, 2.45) is 0 Å². The van der Waals surface area contributed by atoms with Crippen LogP contribution in [0.1, 0.15) is 12.7 Å². The molecule has 4 nitrogen and oxygen atoms in total. The lowest BCUT2D eigenvalue weighted by molar-refractivity contribution is 0.867. The van der Waals surface area contributed by atoms with Crippen molar-refractivity contribution in [2.45, 2.75) is 13.3 Å². The van der Waals surface area contributed by atoms with Gasteiger partial charge in [-0.15, -0.1) is 0 Å². The smallest absolute Gasteiger partial charge is 0.176 e. The minimum absolute atomic E-state index is 0.295. The molecule has 3 rings (SSSR count). The van der Waals surface area contributed by atoms with Crippen molar-refractivity contribution in [3.8, 4) is 5.82 Å². The lowest BCUT2D eigenvalue weighted by Crippen LogP contribution is -2.04. The Morgan fingerprint density at radius 3 is 2.35 bits per heavy atom. The Morgan fingerprint density at radius 2 is 1.70 bits per heavy atom. The summed E-state index contributed by atoms with van der Waals surface area (Å²) in [7, 11) is 0. The molecular formula is C13H9Cl3N4. The second kappa shape index (κ2) is 5.20. The third-order valence-corrected chi connectivity index (χ3v) is 3.88. The number of nitrogens with zero attached hydrogens (tertiary/aromatic N) is 4. The number of aromatic nitrogens is 4. The van der Waals surface area contributed by atoms with Crippen molar-refractivity contribution in [1.82, 2.24) is 19.5 Å². The van der Waals surface area contributed by atoms with Gasteiger partial charge in [0.25, 0.3) is 0 Å². The third-order valence-electron chi connectivity index (χ3n) is 2.91. The summed E-state index contributed by atoms with van der Waals surface area (Å²) in [6.45, 7) is 2.01. The molecule has 0 spiro atoms. The molecule has 0 atom stereocenters. The lowest BCUT2D eigenvalue weighted by atomic mass is 10.3. The van der Waals surface area contributed by atoms with Gasteiger partial charge < -0.3 is 0 Å².